The Morgan fingerprint density at radius 2 is 1.90 bits per heavy atom. The van der Waals surface area contributed by atoms with Crippen LogP contribution in [0.3, 0.4) is 0 Å². The monoisotopic (exact) mass is 288 g/mol. The molecule has 0 aliphatic rings. The number of rotatable bonds is 2. The van der Waals surface area contributed by atoms with Crippen LogP contribution >= 0.6 is 11.6 Å². The third kappa shape index (κ3) is 1.98. The predicted molar refractivity (Wildman–Crippen MR) is 78.5 cm³/mol. The summed E-state index contributed by atoms with van der Waals surface area (Å²) in [5.74, 6) is 1.82. The van der Waals surface area contributed by atoms with Crippen molar-refractivity contribution in [2.24, 2.45) is 0 Å². The van der Waals surface area contributed by atoms with E-state index < -0.39 is 0 Å². The first kappa shape index (κ1) is 12.8. The van der Waals surface area contributed by atoms with Gasteiger partial charge >= 0.3 is 0 Å². The molecule has 0 aliphatic heterocycles. The van der Waals surface area contributed by atoms with Crippen molar-refractivity contribution in [3.63, 3.8) is 0 Å². The zero-order valence-electron chi connectivity index (χ0n) is 11.1. The summed E-state index contributed by atoms with van der Waals surface area (Å²) in [4.78, 5) is 0. The number of furan rings is 1. The normalized spacial score (nSPS) is 10.9. The van der Waals surface area contributed by atoms with Crippen LogP contribution in [0.2, 0.25) is 5.02 Å². The highest BCUT2D eigenvalue weighted by Gasteiger charge is 2.22. The molecule has 4 nitrogen and oxygen atoms in total. The van der Waals surface area contributed by atoms with Gasteiger partial charge in [0.05, 0.1) is 5.56 Å². The van der Waals surface area contributed by atoms with Crippen molar-refractivity contribution in [2.75, 3.05) is 5.73 Å². The van der Waals surface area contributed by atoms with Crippen LogP contribution in [-0.2, 0) is 0 Å². The topological polar surface area (TPSA) is 65.2 Å². The van der Waals surface area contributed by atoms with Crippen molar-refractivity contribution in [1.29, 1.82) is 0 Å². The van der Waals surface area contributed by atoms with Gasteiger partial charge in [-0.2, -0.15) is 0 Å². The van der Waals surface area contributed by atoms with Gasteiger partial charge in [0.15, 0.2) is 0 Å². The van der Waals surface area contributed by atoms with Gasteiger partial charge in [0, 0.05) is 16.1 Å². The smallest absolute Gasteiger partial charge is 0.230 e. The lowest BCUT2D eigenvalue weighted by atomic mass is 10.0. The molecule has 3 rings (SSSR count). The second-order valence-corrected chi connectivity index (χ2v) is 4.98. The molecule has 5 heteroatoms. The predicted octanol–water partition coefficient (Wildman–Crippen LogP) is 4.45. The van der Waals surface area contributed by atoms with Crippen LogP contribution in [0.1, 0.15) is 11.5 Å². The Balaban J connectivity index is 2.26. The largest absolute Gasteiger partial charge is 0.466 e. The van der Waals surface area contributed by atoms with Gasteiger partial charge in [-0.3, -0.25) is 0 Å². The molecule has 0 saturated carbocycles. The van der Waals surface area contributed by atoms with Crippen LogP contribution in [0.25, 0.3) is 22.4 Å². The van der Waals surface area contributed by atoms with Gasteiger partial charge in [0.2, 0.25) is 5.88 Å². The van der Waals surface area contributed by atoms with Crippen molar-refractivity contribution < 1.29 is 8.94 Å². The SMILES string of the molecule is Cc1cc(-c2noc(N)c2-c2ccccc2Cl)c(C)o1. The van der Waals surface area contributed by atoms with Gasteiger partial charge in [-0.05, 0) is 26.0 Å². The minimum Gasteiger partial charge on any atom is -0.466 e. The van der Waals surface area contributed by atoms with E-state index in [1.54, 1.807) is 6.07 Å². The summed E-state index contributed by atoms with van der Waals surface area (Å²) in [5, 5.41) is 4.66. The molecule has 0 saturated heterocycles. The molecule has 0 unspecified atom stereocenters. The Morgan fingerprint density at radius 3 is 2.55 bits per heavy atom. The van der Waals surface area contributed by atoms with E-state index in [9.17, 15) is 0 Å². The molecule has 2 N–H and O–H groups in total. The first-order valence-electron chi connectivity index (χ1n) is 6.15. The Kier molecular flexibility index (Phi) is 3.03. The second kappa shape index (κ2) is 4.72. The van der Waals surface area contributed by atoms with Crippen LogP contribution < -0.4 is 5.73 Å². The molecule has 2 heterocycles. The van der Waals surface area contributed by atoms with Gasteiger partial charge in [0.25, 0.3) is 0 Å². The summed E-state index contributed by atoms with van der Waals surface area (Å²) >= 11 is 6.24. The number of aromatic nitrogens is 1. The maximum Gasteiger partial charge on any atom is 0.230 e. The average Bonchev–Trinajstić information content (AvgIpc) is 2.93. The quantitative estimate of drug-likeness (QED) is 0.756. The van der Waals surface area contributed by atoms with Gasteiger partial charge in [-0.15, -0.1) is 0 Å². The molecule has 0 amide bonds. The minimum atomic E-state index is 0.242. The molecule has 3 aromatic rings. The Hall–Kier alpha value is -2.20. The van der Waals surface area contributed by atoms with E-state index in [4.69, 9.17) is 26.3 Å². The summed E-state index contributed by atoms with van der Waals surface area (Å²) < 4.78 is 10.7. The number of halogens is 1. The highest BCUT2D eigenvalue weighted by atomic mass is 35.5. The van der Waals surface area contributed by atoms with Crippen molar-refractivity contribution in [1.82, 2.24) is 5.16 Å². The van der Waals surface area contributed by atoms with Crippen molar-refractivity contribution in [3.8, 4) is 22.4 Å². The summed E-state index contributed by atoms with van der Waals surface area (Å²) in [6.45, 7) is 3.76. The van der Waals surface area contributed by atoms with E-state index in [0.717, 1.165) is 22.6 Å². The van der Waals surface area contributed by atoms with Gasteiger partial charge in [-0.25, -0.2) is 0 Å². The molecule has 2 aromatic heterocycles. The summed E-state index contributed by atoms with van der Waals surface area (Å²) in [5.41, 5.74) is 8.91. The highest BCUT2D eigenvalue weighted by molar-refractivity contribution is 6.33. The number of anilines is 1. The molecule has 0 spiro atoms. The van der Waals surface area contributed by atoms with Gasteiger partial charge < -0.3 is 14.7 Å². The van der Waals surface area contributed by atoms with E-state index in [1.807, 2.05) is 38.1 Å². The van der Waals surface area contributed by atoms with Crippen molar-refractivity contribution in [2.45, 2.75) is 13.8 Å². The number of aryl methyl sites for hydroxylation is 2. The second-order valence-electron chi connectivity index (χ2n) is 4.58. The summed E-state index contributed by atoms with van der Waals surface area (Å²) in [6.07, 6.45) is 0. The molecule has 20 heavy (non-hydrogen) atoms. The maximum atomic E-state index is 6.24. The molecular formula is C15H13ClN2O2. The zero-order valence-corrected chi connectivity index (χ0v) is 11.9. The molecule has 0 bridgehead atoms. The first-order chi connectivity index (χ1) is 9.58. The lowest BCUT2D eigenvalue weighted by Gasteiger charge is -2.04. The fourth-order valence-corrected chi connectivity index (χ4v) is 2.51. The molecule has 0 radical (unpaired) electrons. The molecule has 1 aromatic carbocycles. The van der Waals surface area contributed by atoms with E-state index in [1.165, 1.54) is 0 Å². The summed E-state index contributed by atoms with van der Waals surface area (Å²) in [7, 11) is 0. The number of nitrogens with zero attached hydrogens (tertiary/aromatic N) is 1. The average molecular weight is 289 g/mol. The highest BCUT2D eigenvalue weighted by Crippen LogP contribution is 2.40. The Labute approximate surface area is 121 Å². The number of hydrogen-bond donors (Lipinski definition) is 1. The number of nitrogen functional groups attached to an aromatic ring is 1. The number of benzene rings is 1. The molecule has 0 atom stereocenters. The van der Waals surface area contributed by atoms with Gasteiger partial charge in [-0.1, -0.05) is 35.0 Å². The standard InChI is InChI=1S/C15H13ClN2O2/c1-8-7-11(9(2)19-8)14-13(15(17)20-18-14)10-5-3-4-6-12(10)16/h3-7H,17H2,1-2H3. The summed E-state index contributed by atoms with van der Waals surface area (Å²) in [6, 6.07) is 9.36. The van der Waals surface area contributed by atoms with Crippen LogP contribution in [0.15, 0.2) is 39.3 Å². The van der Waals surface area contributed by atoms with E-state index in [0.29, 0.717) is 16.3 Å². The first-order valence-corrected chi connectivity index (χ1v) is 6.53. The fraction of sp³-hybridized carbons (Fsp3) is 0.133. The van der Waals surface area contributed by atoms with Crippen LogP contribution in [0.5, 0.6) is 0 Å². The fourth-order valence-electron chi connectivity index (χ4n) is 2.28. The molecule has 102 valence electrons. The third-order valence-corrected chi connectivity index (χ3v) is 3.49. The lowest BCUT2D eigenvalue weighted by molar-refractivity contribution is 0.439. The molecular weight excluding hydrogens is 276 g/mol. The number of nitrogens with two attached hydrogens (primary N) is 1. The Bertz CT molecular complexity index is 774. The van der Waals surface area contributed by atoms with Crippen LogP contribution in [-0.4, -0.2) is 5.16 Å². The Morgan fingerprint density at radius 1 is 1.15 bits per heavy atom. The molecule has 0 fully saturated rings. The molecule has 0 aliphatic carbocycles. The number of hydrogen-bond acceptors (Lipinski definition) is 4. The van der Waals surface area contributed by atoms with Crippen LogP contribution in [0.4, 0.5) is 5.88 Å². The van der Waals surface area contributed by atoms with Crippen molar-refractivity contribution >= 4 is 17.5 Å². The van der Waals surface area contributed by atoms with E-state index in [2.05, 4.69) is 5.16 Å². The van der Waals surface area contributed by atoms with Crippen LogP contribution in [0, 0.1) is 13.8 Å². The third-order valence-electron chi connectivity index (χ3n) is 3.16. The van der Waals surface area contributed by atoms with Gasteiger partial charge in [0.1, 0.15) is 17.2 Å². The minimum absolute atomic E-state index is 0.242. The van der Waals surface area contributed by atoms with Crippen molar-refractivity contribution in [3.05, 3.63) is 46.9 Å². The zero-order chi connectivity index (χ0) is 14.3. The van der Waals surface area contributed by atoms with E-state index in [-0.39, 0.29) is 5.88 Å². The lowest BCUT2D eigenvalue weighted by Crippen LogP contribution is -1.88. The van der Waals surface area contributed by atoms with E-state index >= 15 is 0 Å². The maximum absolute atomic E-state index is 6.24.